The number of rotatable bonds is 5. The summed E-state index contributed by atoms with van der Waals surface area (Å²) in [6.45, 7) is 0.417. The maximum absolute atomic E-state index is 4.44. The van der Waals surface area contributed by atoms with Gasteiger partial charge in [-0.15, -0.1) is 0 Å². The summed E-state index contributed by atoms with van der Waals surface area (Å²) in [4.78, 5) is 21.3. The molecular formula is C15H14N10. The highest BCUT2D eigenvalue weighted by atomic mass is 15.3. The fourth-order valence-electron chi connectivity index (χ4n) is 2.26. The Labute approximate surface area is 142 Å². The van der Waals surface area contributed by atoms with Crippen molar-refractivity contribution in [3.63, 3.8) is 0 Å². The highest BCUT2D eigenvalue weighted by Gasteiger charge is 2.09. The van der Waals surface area contributed by atoms with Crippen molar-refractivity contribution in [3.05, 3.63) is 48.9 Å². The van der Waals surface area contributed by atoms with E-state index in [2.05, 4.69) is 45.5 Å². The van der Waals surface area contributed by atoms with E-state index < -0.39 is 0 Å². The van der Waals surface area contributed by atoms with E-state index in [9.17, 15) is 0 Å². The van der Waals surface area contributed by atoms with Crippen LogP contribution in [0.3, 0.4) is 0 Å². The van der Waals surface area contributed by atoms with Crippen LogP contribution < -0.4 is 5.32 Å². The van der Waals surface area contributed by atoms with E-state index in [1.165, 1.54) is 6.33 Å². The zero-order chi connectivity index (χ0) is 17.1. The molecule has 0 aliphatic heterocycles. The molecule has 10 nitrogen and oxygen atoms in total. The number of anilines is 1. The lowest BCUT2D eigenvalue weighted by atomic mass is 10.2. The summed E-state index contributed by atoms with van der Waals surface area (Å²) in [7, 11) is 1.81. The maximum atomic E-state index is 4.44. The number of hydrogen-bond acceptors (Lipinski definition) is 8. The number of pyridine rings is 1. The molecule has 10 heteroatoms. The minimum absolute atomic E-state index is 0.417. The SMILES string of the molecule is Cn1ncnc1-c1ccnc(NCc2nc(-c3ccncc3)n[nH]2)n1. The summed E-state index contributed by atoms with van der Waals surface area (Å²) in [6, 6.07) is 5.49. The van der Waals surface area contributed by atoms with E-state index in [4.69, 9.17) is 0 Å². The van der Waals surface area contributed by atoms with Gasteiger partial charge in [-0.3, -0.25) is 10.1 Å². The van der Waals surface area contributed by atoms with Crippen molar-refractivity contribution in [3.8, 4) is 22.9 Å². The summed E-state index contributed by atoms with van der Waals surface area (Å²) in [5, 5.41) is 14.3. The van der Waals surface area contributed by atoms with Gasteiger partial charge in [0.2, 0.25) is 5.95 Å². The quantitative estimate of drug-likeness (QED) is 0.555. The van der Waals surface area contributed by atoms with Crippen LogP contribution in [0.5, 0.6) is 0 Å². The Hall–Kier alpha value is -3.69. The summed E-state index contributed by atoms with van der Waals surface area (Å²) in [6.07, 6.45) is 6.56. The van der Waals surface area contributed by atoms with Gasteiger partial charge >= 0.3 is 0 Å². The van der Waals surface area contributed by atoms with Gasteiger partial charge in [0.05, 0.1) is 6.54 Å². The van der Waals surface area contributed by atoms with Crippen molar-refractivity contribution in [1.82, 2.24) is 44.9 Å². The largest absolute Gasteiger partial charge is 0.347 e. The normalized spacial score (nSPS) is 10.8. The van der Waals surface area contributed by atoms with E-state index in [-0.39, 0.29) is 0 Å². The Balaban J connectivity index is 1.47. The molecule has 0 fully saturated rings. The highest BCUT2D eigenvalue weighted by Crippen LogP contribution is 2.15. The van der Waals surface area contributed by atoms with Crippen LogP contribution >= 0.6 is 0 Å². The Morgan fingerprint density at radius 2 is 1.96 bits per heavy atom. The Bertz CT molecular complexity index is 975. The number of aromatic amines is 1. The lowest BCUT2D eigenvalue weighted by molar-refractivity contribution is 0.771. The molecule has 0 unspecified atom stereocenters. The molecule has 4 aromatic rings. The Kier molecular flexibility index (Phi) is 3.83. The summed E-state index contributed by atoms with van der Waals surface area (Å²) in [5.41, 5.74) is 1.59. The smallest absolute Gasteiger partial charge is 0.223 e. The number of H-pyrrole nitrogens is 1. The third kappa shape index (κ3) is 3.17. The predicted octanol–water partition coefficient (Wildman–Crippen LogP) is 1.06. The molecule has 0 amide bonds. The van der Waals surface area contributed by atoms with E-state index >= 15 is 0 Å². The van der Waals surface area contributed by atoms with E-state index in [0.717, 1.165) is 5.56 Å². The number of aromatic nitrogens is 9. The van der Waals surface area contributed by atoms with Gasteiger partial charge in [-0.05, 0) is 18.2 Å². The van der Waals surface area contributed by atoms with Crippen molar-refractivity contribution < 1.29 is 0 Å². The average Bonchev–Trinajstić information content (AvgIpc) is 3.30. The molecule has 0 radical (unpaired) electrons. The zero-order valence-corrected chi connectivity index (χ0v) is 13.3. The van der Waals surface area contributed by atoms with E-state index in [1.807, 2.05) is 19.2 Å². The van der Waals surface area contributed by atoms with Crippen molar-refractivity contribution in [2.75, 3.05) is 5.32 Å². The van der Waals surface area contributed by atoms with Crippen LogP contribution in [0, 0.1) is 0 Å². The average molecular weight is 334 g/mol. The summed E-state index contributed by atoms with van der Waals surface area (Å²) >= 11 is 0. The van der Waals surface area contributed by atoms with Gasteiger partial charge < -0.3 is 5.32 Å². The minimum atomic E-state index is 0.417. The predicted molar refractivity (Wildman–Crippen MR) is 89.0 cm³/mol. The molecule has 25 heavy (non-hydrogen) atoms. The second-order valence-electron chi connectivity index (χ2n) is 5.17. The van der Waals surface area contributed by atoms with Crippen LogP contribution in [0.1, 0.15) is 5.82 Å². The van der Waals surface area contributed by atoms with Crippen molar-refractivity contribution in [2.24, 2.45) is 7.05 Å². The Morgan fingerprint density at radius 1 is 1.08 bits per heavy atom. The van der Waals surface area contributed by atoms with Gasteiger partial charge in [0, 0.05) is 31.2 Å². The molecule has 0 aromatic carbocycles. The molecule has 0 saturated carbocycles. The lowest BCUT2D eigenvalue weighted by Crippen LogP contribution is -2.06. The molecule has 0 aliphatic rings. The van der Waals surface area contributed by atoms with Gasteiger partial charge in [0.1, 0.15) is 17.8 Å². The van der Waals surface area contributed by atoms with Crippen LogP contribution in [0.15, 0.2) is 43.1 Å². The van der Waals surface area contributed by atoms with Crippen LogP contribution in [-0.2, 0) is 13.6 Å². The highest BCUT2D eigenvalue weighted by molar-refractivity contribution is 5.53. The third-order valence-corrected chi connectivity index (χ3v) is 3.48. The first-order valence-electron chi connectivity index (χ1n) is 7.52. The number of hydrogen-bond donors (Lipinski definition) is 2. The second kappa shape index (κ2) is 6.43. The zero-order valence-electron chi connectivity index (χ0n) is 13.3. The molecule has 124 valence electrons. The fraction of sp³-hybridized carbons (Fsp3) is 0.133. The molecule has 2 N–H and O–H groups in total. The van der Waals surface area contributed by atoms with Gasteiger partial charge in [-0.2, -0.15) is 10.2 Å². The molecule has 0 bridgehead atoms. The molecule has 0 saturated heterocycles. The van der Waals surface area contributed by atoms with Crippen LogP contribution in [0.4, 0.5) is 5.95 Å². The standard InChI is InChI=1S/C15H14N10/c1-25-14(19-9-20-25)11-4-7-17-15(21-11)18-8-12-22-13(24-23-12)10-2-5-16-6-3-10/h2-7,9H,8H2,1H3,(H,17,18,21)(H,22,23,24). The van der Waals surface area contributed by atoms with E-state index in [1.54, 1.807) is 29.3 Å². The first-order chi connectivity index (χ1) is 12.3. The van der Waals surface area contributed by atoms with Crippen LogP contribution in [-0.4, -0.2) is 44.9 Å². The number of aryl methyl sites for hydroxylation is 1. The van der Waals surface area contributed by atoms with Gasteiger partial charge in [-0.25, -0.2) is 24.6 Å². The van der Waals surface area contributed by atoms with Crippen molar-refractivity contribution >= 4 is 5.95 Å². The third-order valence-electron chi connectivity index (χ3n) is 3.48. The lowest BCUT2D eigenvalue weighted by Gasteiger charge is -2.04. The molecule has 4 rings (SSSR count). The molecule has 4 aromatic heterocycles. The molecule has 0 spiro atoms. The maximum Gasteiger partial charge on any atom is 0.223 e. The number of nitrogens with zero attached hydrogens (tertiary/aromatic N) is 8. The minimum Gasteiger partial charge on any atom is -0.347 e. The number of nitrogens with one attached hydrogen (secondary N) is 2. The summed E-state index contributed by atoms with van der Waals surface area (Å²) in [5.74, 6) is 2.44. The molecule has 0 atom stereocenters. The summed E-state index contributed by atoms with van der Waals surface area (Å²) < 4.78 is 1.66. The first kappa shape index (κ1) is 14.9. The monoisotopic (exact) mass is 334 g/mol. The molecular weight excluding hydrogens is 320 g/mol. The molecule has 0 aliphatic carbocycles. The van der Waals surface area contributed by atoms with E-state index in [0.29, 0.717) is 35.7 Å². The van der Waals surface area contributed by atoms with Gasteiger partial charge in [0.25, 0.3) is 0 Å². The van der Waals surface area contributed by atoms with Crippen LogP contribution in [0.25, 0.3) is 22.9 Å². The second-order valence-corrected chi connectivity index (χ2v) is 5.17. The van der Waals surface area contributed by atoms with Crippen molar-refractivity contribution in [2.45, 2.75) is 6.54 Å². The fourth-order valence-corrected chi connectivity index (χ4v) is 2.26. The van der Waals surface area contributed by atoms with Gasteiger partial charge in [0.15, 0.2) is 11.6 Å². The van der Waals surface area contributed by atoms with Crippen molar-refractivity contribution in [1.29, 1.82) is 0 Å². The molecule has 4 heterocycles. The van der Waals surface area contributed by atoms with Gasteiger partial charge in [-0.1, -0.05) is 0 Å². The first-order valence-corrected chi connectivity index (χ1v) is 7.52. The van der Waals surface area contributed by atoms with Crippen LogP contribution in [0.2, 0.25) is 0 Å². The topological polar surface area (TPSA) is 123 Å². The Morgan fingerprint density at radius 3 is 2.76 bits per heavy atom.